The SMILES string of the molecule is N/C(C=O)=C(\NC1CCCC1)C(F)(F)F. The van der Waals surface area contributed by atoms with Gasteiger partial charge in [-0.25, -0.2) is 0 Å². The summed E-state index contributed by atoms with van der Waals surface area (Å²) < 4.78 is 37.4. The maximum Gasteiger partial charge on any atom is 0.433 e. The summed E-state index contributed by atoms with van der Waals surface area (Å²) in [7, 11) is 0. The molecule has 0 radical (unpaired) electrons. The van der Waals surface area contributed by atoms with Gasteiger partial charge >= 0.3 is 6.18 Å². The first-order valence-electron chi connectivity index (χ1n) is 4.74. The number of carbonyl (C=O) groups is 1. The lowest BCUT2D eigenvalue weighted by Gasteiger charge is -2.19. The molecule has 1 saturated carbocycles. The molecule has 0 aliphatic heterocycles. The zero-order valence-corrected chi connectivity index (χ0v) is 8.10. The average molecular weight is 222 g/mol. The van der Waals surface area contributed by atoms with E-state index in [1.165, 1.54) is 0 Å². The van der Waals surface area contributed by atoms with E-state index < -0.39 is 17.6 Å². The van der Waals surface area contributed by atoms with Crippen molar-refractivity contribution in [1.29, 1.82) is 0 Å². The van der Waals surface area contributed by atoms with Gasteiger partial charge in [0.05, 0.1) is 0 Å². The molecule has 6 heteroatoms. The van der Waals surface area contributed by atoms with Crippen molar-refractivity contribution in [2.45, 2.75) is 37.9 Å². The maximum atomic E-state index is 12.5. The third-order valence-electron chi connectivity index (χ3n) is 2.40. The second-order valence-corrected chi connectivity index (χ2v) is 3.57. The molecule has 86 valence electrons. The van der Waals surface area contributed by atoms with Crippen molar-refractivity contribution in [3.8, 4) is 0 Å². The van der Waals surface area contributed by atoms with Gasteiger partial charge in [0, 0.05) is 6.04 Å². The quantitative estimate of drug-likeness (QED) is 0.561. The van der Waals surface area contributed by atoms with Crippen molar-refractivity contribution in [3.63, 3.8) is 0 Å². The number of hydrogen-bond donors (Lipinski definition) is 2. The van der Waals surface area contributed by atoms with Gasteiger partial charge in [-0.15, -0.1) is 0 Å². The molecule has 0 saturated heterocycles. The third kappa shape index (κ3) is 3.14. The van der Waals surface area contributed by atoms with Crippen molar-refractivity contribution in [3.05, 3.63) is 11.4 Å². The Kier molecular flexibility index (Phi) is 3.60. The molecule has 0 bridgehead atoms. The van der Waals surface area contributed by atoms with Crippen molar-refractivity contribution < 1.29 is 18.0 Å². The number of carbonyl (C=O) groups excluding carboxylic acids is 1. The lowest BCUT2D eigenvalue weighted by molar-refractivity contribution is -0.109. The largest absolute Gasteiger partial charge is 0.433 e. The van der Waals surface area contributed by atoms with Crippen LogP contribution < -0.4 is 11.1 Å². The van der Waals surface area contributed by atoms with Crippen LogP contribution in [-0.2, 0) is 4.79 Å². The smallest absolute Gasteiger partial charge is 0.394 e. The Morgan fingerprint density at radius 3 is 2.27 bits per heavy atom. The van der Waals surface area contributed by atoms with Gasteiger partial charge in [0.25, 0.3) is 0 Å². The molecule has 0 aromatic rings. The van der Waals surface area contributed by atoms with Crippen LogP contribution in [0, 0.1) is 0 Å². The highest BCUT2D eigenvalue weighted by molar-refractivity contribution is 5.73. The summed E-state index contributed by atoms with van der Waals surface area (Å²) in [6.45, 7) is 0. The molecule has 0 unspecified atom stereocenters. The predicted octanol–water partition coefficient (Wildman–Crippen LogP) is 1.45. The molecule has 1 aliphatic rings. The van der Waals surface area contributed by atoms with E-state index in [1.807, 2.05) is 0 Å². The third-order valence-corrected chi connectivity index (χ3v) is 2.40. The van der Waals surface area contributed by atoms with Crippen LogP contribution in [0.15, 0.2) is 11.4 Å². The molecule has 0 aromatic carbocycles. The number of rotatable bonds is 3. The summed E-state index contributed by atoms with van der Waals surface area (Å²) in [6, 6.07) is -0.222. The number of allylic oxidation sites excluding steroid dienone is 2. The number of nitrogens with one attached hydrogen (secondary N) is 1. The van der Waals surface area contributed by atoms with E-state index in [0.29, 0.717) is 12.8 Å². The molecule has 1 rings (SSSR count). The molecule has 3 N–H and O–H groups in total. The molecule has 0 spiro atoms. The van der Waals surface area contributed by atoms with E-state index in [0.717, 1.165) is 12.8 Å². The Hall–Kier alpha value is -1.20. The Morgan fingerprint density at radius 1 is 1.33 bits per heavy atom. The average Bonchev–Trinajstić information content (AvgIpc) is 2.63. The highest BCUT2D eigenvalue weighted by Gasteiger charge is 2.37. The number of halogens is 3. The van der Waals surface area contributed by atoms with Crippen LogP contribution in [-0.4, -0.2) is 18.5 Å². The van der Waals surface area contributed by atoms with Crippen LogP contribution in [0.4, 0.5) is 13.2 Å². The second-order valence-electron chi connectivity index (χ2n) is 3.57. The normalized spacial score (nSPS) is 19.9. The van der Waals surface area contributed by atoms with E-state index in [-0.39, 0.29) is 12.3 Å². The topological polar surface area (TPSA) is 55.1 Å². The van der Waals surface area contributed by atoms with Crippen molar-refractivity contribution in [2.24, 2.45) is 5.73 Å². The van der Waals surface area contributed by atoms with E-state index in [4.69, 9.17) is 5.73 Å². The second kappa shape index (κ2) is 4.55. The molecular weight excluding hydrogens is 209 g/mol. The van der Waals surface area contributed by atoms with Gasteiger partial charge in [0.1, 0.15) is 11.4 Å². The Labute approximate surface area is 85.5 Å². The summed E-state index contributed by atoms with van der Waals surface area (Å²) in [4.78, 5) is 10.2. The van der Waals surface area contributed by atoms with Crippen molar-refractivity contribution in [2.75, 3.05) is 0 Å². The highest BCUT2D eigenvalue weighted by atomic mass is 19.4. The van der Waals surface area contributed by atoms with E-state index in [1.54, 1.807) is 0 Å². The molecule has 0 amide bonds. The Balaban J connectivity index is 2.78. The Bertz CT molecular complexity index is 267. The number of hydrogen-bond acceptors (Lipinski definition) is 3. The molecule has 0 atom stereocenters. The van der Waals surface area contributed by atoms with Gasteiger partial charge in [0.15, 0.2) is 6.29 Å². The van der Waals surface area contributed by atoms with Gasteiger partial charge in [0.2, 0.25) is 0 Å². The number of nitrogens with two attached hydrogens (primary N) is 1. The summed E-state index contributed by atoms with van der Waals surface area (Å²) in [5.74, 6) is 0. The predicted molar refractivity (Wildman–Crippen MR) is 48.7 cm³/mol. The summed E-state index contributed by atoms with van der Waals surface area (Å²) in [6.07, 6.45) is -1.39. The lowest BCUT2D eigenvalue weighted by Crippen LogP contribution is -2.36. The van der Waals surface area contributed by atoms with Gasteiger partial charge < -0.3 is 11.1 Å². The van der Waals surface area contributed by atoms with Gasteiger partial charge in [-0.1, -0.05) is 12.8 Å². The van der Waals surface area contributed by atoms with Crippen LogP contribution in [0.3, 0.4) is 0 Å². The molecule has 1 aliphatic carbocycles. The minimum Gasteiger partial charge on any atom is -0.394 e. The van der Waals surface area contributed by atoms with E-state index in [9.17, 15) is 18.0 Å². The monoisotopic (exact) mass is 222 g/mol. The maximum absolute atomic E-state index is 12.5. The zero-order chi connectivity index (χ0) is 11.5. The van der Waals surface area contributed by atoms with E-state index >= 15 is 0 Å². The molecule has 3 nitrogen and oxygen atoms in total. The van der Waals surface area contributed by atoms with Gasteiger partial charge in [-0.05, 0) is 12.8 Å². The first kappa shape index (κ1) is 11.9. The van der Waals surface area contributed by atoms with Crippen LogP contribution in [0.25, 0.3) is 0 Å². The first-order chi connectivity index (χ1) is 6.95. The van der Waals surface area contributed by atoms with Gasteiger partial charge in [-0.3, -0.25) is 4.79 Å². The summed E-state index contributed by atoms with van der Waals surface area (Å²) in [5.41, 5.74) is 3.12. The first-order valence-corrected chi connectivity index (χ1v) is 4.74. The Morgan fingerprint density at radius 2 is 1.87 bits per heavy atom. The standard InChI is InChI=1S/C9H13F3N2O/c10-9(11,12)8(7(13)5-15)14-6-3-1-2-4-6/h5-6,14H,1-4,13H2/b8-7-. The molecule has 0 aromatic heterocycles. The van der Waals surface area contributed by atoms with Crippen LogP contribution in [0.5, 0.6) is 0 Å². The minimum atomic E-state index is -4.59. The molecule has 15 heavy (non-hydrogen) atoms. The molecule has 1 fully saturated rings. The number of alkyl halides is 3. The van der Waals surface area contributed by atoms with Gasteiger partial charge in [-0.2, -0.15) is 13.2 Å². The fourth-order valence-electron chi connectivity index (χ4n) is 1.66. The minimum absolute atomic E-state index is 0.0186. The number of aldehydes is 1. The van der Waals surface area contributed by atoms with Crippen LogP contribution in [0.2, 0.25) is 0 Å². The van der Waals surface area contributed by atoms with Crippen molar-refractivity contribution in [1.82, 2.24) is 5.32 Å². The molecule has 0 heterocycles. The molecular formula is C9H13F3N2O. The van der Waals surface area contributed by atoms with Crippen LogP contribution in [0.1, 0.15) is 25.7 Å². The van der Waals surface area contributed by atoms with Crippen molar-refractivity contribution >= 4 is 6.29 Å². The highest BCUT2D eigenvalue weighted by Crippen LogP contribution is 2.27. The summed E-state index contributed by atoms with van der Waals surface area (Å²) >= 11 is 0. The van der Waals surface area contributed by atoms with E-state index in [2.05, 4.69) is 5.32 Å². The zero-order valence-electron chi connectivity index (χ0n) is 8.10. The fraction of sp³-hybridized carbons (Fsp3) is 0.667. The lowest BCUT2D eigenvalue weighted by atomic mass is 10.2. The van der Waals surface area contributed by atoms with Crippen LogP contribution >= 0.6 is 0 Å². The summed E-state index contributed by atoms with van der Waals surface area (Å²) in [5, 5.41) is 2.30. The fourth-order valence-corrected chi connectivity index (χ4v) is 1.66.